The lowest BCUT2D eigenvalue weighted by molar-refractivity contribution is 0.102. The second-order valence-electron chi connectivity index (χ2n) is 4.93. The molecule has 7 heteroatoms. The van der Waals surface area contributed by atoms with Gasteiger partial charge in [-0.1, -0.05) is 31.9 Å². The SMILES string of the molecule is COc1ccc(Br)cc1C(=O)Nc1cc2cc(Br)ccc2oc1=O. The number of nitrogens with one attached hydrogen (secondary N) is 1. The summed E-state index contributed by atoms with van der Waals surface area (Å²) in [7, 11) is 1.47. The van der Waals surface area contributed by atoms with Crippen molar-refractivity contribution in [2.45, 2.75) is 0 Å². The minimum Gasteiger partial charge on any atom is -0.496 e. The molecule has 122 valence electrons. The van der Waals surface area contributed by atoms with Gasteiger partial charge in [0.2, 0.25) is 0 Å². The van der Waals surface area contributed by atoms with Gasteiger partial charge < -0.3 is 14.5 Å². The monoisotopic (exact) mass is 451 g/mol. The number of amides is 1. The number of halogens is 2. The van der Waals surface area contributed by atoms with Crippen LogP contribution in [0.1, 0.15) is 10.4 Å². The zero-order chi connectivity index (χ0) is 17.3. The van der Waals surface area contributed by atoms with E-state index in [0.717, 1.165) is 8.95 Å². The van der Waals surface area contributed by atoms with E-state index in [0.29, 0.717) is 22.3 Å². The summed E-state index contributed by atoms with van der Waals surface area (Å²) in [5.41, 5.74) is 0.196. The molecule has 0 spiro atoms. The zero-order valence-electron chi connectivity index (χ0n) is 12.4. The van der Waals surface area contributed by atoms with E-state index in [4.69, 9.17) is 9.15 Å². The lowest BCUT2D eigenvalue weighted by atomic mass is 10.1. The van der Waals surface area contributed by atoms with Gasteiger partial charge in [0.25, 0.3) is 5.91 Å². The van der Waals surface area contributed by atoms with E-state index < -0.39 is 11.5 Å². The van der Waals surface area contributed by atoms with E-state index >= 15 is 0 Å². The third-order valence-corrected chi connectivity index (χ3v) is 4.34. The van der Waals surface area contributed by atoms with Crippen LogP contribution in [0.4, 0.5) is 5.69 Å². The Morgan fingerprint density at radius 3 is 2.54 bits per heavy atom. The van der Waals surface area contributed by atoms with Crippen LogP contribution in [0.2, 0.25) is 0 Å². The topological polar surface area (TPSA) is 68.5 Å². The van der Waals surface area contributed by atoms with E-state index in [1.165, 1.54) is 7.11 Å². The van der Waals surface area contributed by atoms with E-state index in [2.05, 4.69) is 37.2 Å². The number of carbonyl (C=O) groups is 1. The molecule has 0 aliphatic rings. The van der Waals surface area contributed by atoms with Gasteiger partial charge in [0.15, 0.2) is 0 Å². The van der Waals surface area contributed by atoms with Gasteiger partial charge in [0.05, 0.1) is 12.7 Å². The molecule has 0 radical (unpaired) electrons. The second kappa shape index (κ2) is 6.78. The van der Waals surface area contributed by atoms with Gasteiger partial charge in [0.1, 0.15) is 17.0 Å². The highest BCUT2D eigenvalue weighted by atomic mass is 79.9. The van der Waals surface area contributed by atoms with Crippen molar-refractivity contribution in [2.24, 2.45) is 0 Å². The minimum atomic E-state index is -0.618. The second-order valence-corrected chi connectivity index (χ2v) is 6.76. The number of hydrogen-bond acceptors (Lipinski definition) is 4. The molecule has 0 aliphatic carbocycles. The number of fused-ring (bicyclic) bond motifs is 1. The molecule has 0 bridgehead atoms. The molecule has 1 aromatic heterocycles. The number of anilines is 1. The first kappa shape index (κ1) is 16.7. The molecule has 3 rings (SSSR count). The molecule has 0 saturated carbocycles. The first-order valence-electron chi connectivity index (χ1n) is 6.86. The molecule has 0 fully saturated rings. The quantitative estimate of drug-likeness (QED) is 0.590. The third-order valence-electron chi connectivity index (χ3n) is 3.35. The van der Waals surface area contributed by atoms with Crippen molar-refractivity contribution in [3.8, 4) is 5.75 Å². The standard InChI is InChI=1S/C17H11Br2NO4/c1-23-15-5-3-11(19)8-12(15)16(21)20-13-7-9-6-10(18)2-4-14(9)24-17(13)22/h2-8H,1H3,(H,20,21). The number of rotatable bonds is 3. The highest BCUT2D eigenvalue weighted by Gasteiger charge is 2.15. The van der Waals surface area contributed by atoms with Crippen LogP contribution in [0.5, 0.6) is 5.75 Å². The summed E-state index contributed by atoms with van der Waals surface area (Å²) in [5, 5.41) is 3.27. The maximum Gasteiger partial charge on any atom is 0.360 e. The number of benzene rings is 2. The van der Waals surface area contributed by atoms with Gasteiger partial charge in [-0.05, 0) is 42.5 Å². The fraction of sp³-hybridized carbons (Fsp3) is 0.0588. The predicted molar refractivity (Wildman–Crippen MR) is 98.8 cm³/mol. The first-order chi connectivity index (χ1) is 11.5. The van der Waals surface area contributed by atoms with Crippen LogP contribution in [-0.2, 0) is 0 Å². The minimum absolute atomic E-state index is 0.0626. The van der Waals surface area contributed by atoms with Crippen molar-refractivity contribution >= 4 is 54.4 Å². The summed E-state index contributed by atoms with van der Waals surface area (Å²) in [6, 6.07) is 11.9. The fourth-order valence-electron chi connectivity index (χ4n) is 2.23. The molecule has 1 heterocycles. The fourth-order valence-corrected chi connectivity index (χ4v) is 2.97. The Kier molecular flexibility index (Phi) is 4.73. The summed E-state index contributed by atoms with van der Waals surface area (Å²) in [6.45, 7) is 0. The van der Waals surface area contributed by atoms with Crippen LogP contribution < -0.4 is 15.7 Å². The first-order valence-corrected chi connectivity index (χ1v) is 8.45. The summed E-state index contributed by atoms with van der Waals surface area (Å²) < 4.78 is 12.0. The molecule has 0 saturated heterocycles. The Morgan fingerprint density at radius 1 is 1.08 bits per heavy atom. The maximum atomic E-state index is 12.5. The molecule has 1 N–H and O–H groups in total. The predicted octanol–water partition coefficient (Wildman–Crippen LogP) is 4.58. The largest absolute Gasteiger partial charge is 0.496 e. The summed E-state index contributed by atoms with van der Waals surface area (Å²) in [5.74, 6) is -0.0570. The number of ether oxygens (including phenoxy) is 1. The molecular formula is C17H11Br2NO4. The van der Waals surface area contributed by atoms with E-state index in [1.54, 1.807) is 42.5 Å². The maximum absolute atomic E-state index is 12.5. The highest BCUT2D eigenvalue weighted by molar-refractivity contribution is 9.10. The lowest BCUT2D eigenvalue weighted by Crippen LogP contribution is -2.18. The van der Waals surface area contributed by atoms with Crippen LogP contribution >= 0.6 is 31.9 Å². The zero-order valence-corrected chi connectivity index (χ0v) is 15.6. The molecule has 0 unspecified atom stereocenters. The van der Waals surface area contributed by atoms with Crippen molar-refractivity contribution in [1.82, 2.24) is 0 Å². The van der Waals surface area contributed by atoms with Crippen molar-refractivity contribution < 1.29 is 13.9 Å². The van der Waals surface area contributed by atoms with Gasteiger partial charge in [-0.25, -0.2) is 4.79 Å². The Hall–Kier alpha value is -2.12. The van der Waals surface area contributed by atoms with Crippen molar-refractivity contribution in [1.29, 1.82) is 0 Å². The van der Waals surface area contributed by atoms with Gasteiger partial charge in [-0.3, -0.25) is 4.79 Å². The number of methoxy groups -OCH3 is 1. The van der Waals surface area contributed by atoms with E-state index in [9.17, 15) is 9.59 Å². The molecule has 1 amide bonds. The molecule has 0 atom stereocenters. The number of carbonyl (C=O) groups excluding carboxylic acids is 1. The van der Waals surface area contributed by atoms with Crippen LogP contribution in [0, 0.1) is 0 Å². The van der Waals surface area contributed by atoms with E-state index in [1.807, 2.05) is 0 Å². The molecule has 0 aliphatic heterocycles. The van der Waals surface area contributed by atoms with E-state index in [-0.39, 0.29) is 5.69 Å². The normalized spacial score (nSPS) is 10.6. The van der Waals surface area contributed by atoms with Gasteiger partial charge >= 0.3 is 5.63 Å². The van der Waals surface area contributed by atoms with Crippen molar-refractivity contribution in [2.75, 3.05) is 12.4 Å². The van der Waals surface area contributed by atoms with Crippen LogP contribution in [-0.4, -0.2) is 13.0 Å². The summed E-state index contributed by atoms with van der Waals surface area (Å²) in [4.78, 5) is 24.6. The third kappa shape index (κ3) is 3.37. The molecular weight excluding hydrogens is 442 g/mol. The van der Waals surface area contributed by atoms with Crippen LogP contribution in [0.25, 0.3) is 11.0 Å². The summed E-state index contributed by atoms with van der Waals surface area (Å²) >= 11 is 6.67. The van der Waals surface area contributed by atoms with Crippen molar-refractivity contribution in [3.05, 3.63) is 67.4 Å². The van der Waals surface area contributed by atoms with Gasteiger partial charge in [0, 0.05) is 14.3 Å². The smallest absolute Gasteiger partial charge is 0.360 e. The van der Waals surface area contributed by atoms with Gasteiger partial charge in [-0.2, -0.15) is 0 Å². The Balaban J connectivity index is 2.00. The molecule has 2 aromatic carbocycles. The molecule has 24 heavy (non-hydrogen) atoms. The Labute approximate surface area is 153 Å². The van der Waals surface area contributed by atoms with Crippen molar-refractivity contribution in [3.63, 3.8) is 0 Å². The molecule has 5 nitrogen and oxygen atoms in total. The number of hydrogen-bond donors (Lipinski definition) is 1. The van der Waals surface area contributed by atoms with Crippen LogP contribution in [0.3, 0.4) is 0 Å². The van der Waals surface area contributed by atoms with Gasteiger partial charge in [-0.15, -0.1) is 0 Å². The average molecular weight is 453 g/mol. The Morgan fingerprint density at radius 2 is 1.79 bits per heavy atom. The van der Waals surface area contributed by atoms with Crippen LogP contribution in [0.15, 0.2) is 60.6 Å². The summed E-state index contributed by atoms with van der Waals surface area (Å²) in [6.07, 6.45) is 0. The average Bonchev–Trinajstić information content (AvgIpc) is 2.55. The Bertz CT molecular complexity index is 998. The lowest BCUT2D eigenvalue weighted by Gasteiger charge is -2.09. The molecule has 3 aromatic rings. The highest BCUT2D eigenvalue weighted by Crippen LogP contribution is 2.25.